The number of halogens is 1. The third kappa shape index (κ3) is 3.28. The van der Waals surface area contributed by atoms with E-state index in [0.29, 0.717) is 27.5 Å². The van der Waals surface area contributed by atoms with Crippen LogP contribution in [0.2, 0.25) is 5.02 Å². The Balaban J connectivity index is 1.35. The molecule has 0 fully saturated rings. The molecule has 0 aliphatic carbocycles. The van der Waals surface area contributed by atoms with Gasteiger partial charge in [0.05, 0.1) is 17.1 Å². The number of fused-ring (bicyclic) bond motifs is 5. The Bertz CT molecular complexity index is 1330. The molecule has 10 heteroatoms. The van der Waals surface area contributed by atoms with E-state index < -0.39 is 6.10 Å². The van der Waals surface area contributed by atoms with Gasteiger partial charge in [-0.3, -0.25) is 0 Å². The molecule has 8 nitrogen and oxygen atoms in total. The molecule has 1 unspecified atom stereocenters. The van der Waals surface area contributed by atoms with E-state index in [2.05, 4.69) is 33.8 Å². The second-order valence-electron chi connectivity index (χ2n) is 6.79. The highest BCUT2D eigenvalue weighted by molar-refractivity contribution is 7.99. The fourth-order valence-electron chi connectivity index (χ4n) is 3.43. The standard InChI is InChI=1S/C20H19ClN6O2S/c1-2-25-16-5-3-4-6-17(16)26-18-22-23-20(27(18)24-19(25)26)30-12-14(28)11-29-15-9-7-13(21)8-10-15/h3-10,14,28H,2,11-12H2,1H3. The Morgan fingerprint density at radius 2 is 1.83 bits per heavy atom. The smallest absolute Gasteiger partial charge is 0.260 e. The molecule has 0 spiro atoms. The highest BCUT2D eigenvalue weighted by atomic mass is 35.5. The van der Waals surface area contributed by atoms with Gasteiger partial charge in [0, 0.05) is 17.3 Å². The van der Waals surface area contributed by atoms with Crippen LogP contribution in [0, 0.1) is 0 Å². The zero-order chi connectivity index (χ0) is 20.7. The normalized spacial score (nSPS) is 12.9. The first-order valence-electron chi connectivity index (χ1n) is 9.56. The molecule has 3 aromatic heterocycles. The highest BCUT2D eigenvalue weighted by Crippen LogP contribution is 2.25. The van der Waals surface area contributed by atoms with Gasteiger partial charge in [-0.15, -0.1) is 15.3 Å². The second kappa shape index (κ2) is 7.82. The van der Waals surface area contributed by atoms with Crippen molar-refractivity contribution >= 4 is 46.0 Å². The van der Waals surface area contributed by atoms with E-state index >= 15 is 0 Å². The molecule has 0 saturated heterocycles. The number of aliphatic hydroxyl groups is 1. The molecule has 5 rings (SSSR count). The van der Waals surface area contributed by atoms with Gasteiger partial charge in [0.1, 0.15) is 12.4 Å². The number of hydrogen-bond donors (Lipinski definition) is 1. The number of ether oxygens (including phenoxy) is 1. The first-order chi connectivity index (χ1) is 14.7. The van der Waals surface area contributed by atoms with E-state index in [1.165, 1.54) is 11.8 Å². The molecule has 0 bridgehead atoms. The van der Waals surface area contributed by atoms with Crippen LogP contribution >= 0.6 is 23.4 Å². The first kappa shape index (κ1) is 19.2. The van der Waals surface area contributed by atoms with Gasteiger partial charge >= 0.3 is 0 Å². The fourth-order valence-corrected chi connectivity index (χ4v) is 4.34. The minimum Gasteiger partial charge on any atom is -0.491 e. The molecular formula is C20H19ClN6O2S. The molecule has 0 radical (unpaired) electrons. The lowest BCUT2D eigenvalue weighted by Crippen LogP contribution is -2.20. The van der Waals surface area contributed by atoms with Gasteiger partial charge in [-0.05, 0) is 43.3 Å². The Morgan fingerprint density at radius 1 is 1.07 bits per heavy atom. The van der Waals surface area contributed by atoms with Crippen molar-refractivity contribution in [1.29, 1.82) is 0 Å². The maximum atomic E-state index is 10.3. The lowest BCUT2D eigenvalue weighted by Gasteiger charge is -2.11. The molecule has 0 aliphatic heterocycles. The summed E-state index contributed by atoms with van der Waals surface area (Å²) in [6, 6.07) is 15.2. The van der Waals surface area contributed by atoms with Crippen LogP contribution in [-0.2, 0) is 6.54 Å². The van der Waals surface area contributed by atoms with Crippen LogP contribution in [0.15, 0.2) is 53.7 Å². The van der Waals surface area contributed by atoms with Crippen molar-refractivity contribution in [2.45, 2.75) is 24.7 Å². The summed E-state index contributed by atoms with van der Waals surface area (Å²) >= 11 is 7.26. The number of benzene rings is 2. The number of aromatic nitrogens is 6. The van der Waals surface area contributed by atoms with E-state index in [4.69, 9.17) is 21.4 Å². The van der Waals surface area contributed by atoms with Gasteiger partial charge in [-0.1, -0.05) is 35.5 Å². The molecule has 3 heterocycles. The van der Waals surface area contributed by atoms with Crippen LogP contribution in [-0.4, -0.2) is 52.3 Å². The van der Waals surface area contributed by atoms with E-state index in [0.717, 1.165) is 23.4 Å². The van der Waals surface area contributed by atoms with Crippen molar-refractivity contribution in [2.24, 2.45) is 0 Å². The molecule has 1 atom stereocenters. The zero-order valence-corrected chi connectivity index (χ0v) is 17.7. The molecule has 154 valence electrons. The average Bonchev–Trinajstić information content (AvgIpc) is 3.40. The lowest BCUT2D eigenvalue weighted by molar-refractivity contribution is 0.126. The van der Waals surface area contributed by atoms with Crippen LogP contribution < -0.4 is 4.74 Å². The molecular weight excluding hydrogens is 424 g/mol. The summed E-state index contributed by atoms with van der Waals surface area (Å²) in [6.45, 7) is 3.07. The summed E-state index contributed by atoms with van der Waals surface area (Å²) in [5, 5.41) is 24.9. The summed E-state index contributed by atoms with van der Waals surface area (Å²) < 4.78 is 11.5. The van der Waals surface area contributed by atoms with Crippen molar-refractivity contribution in [1.82, 2.24) is 28.8 Å². The van der Waals surface area contributed by atoms with E-state index in [-0.39, 0.29) is 6.61 Å². The molecule has 0 aliphatic rings. The Hall–Kier alpha value is -2.75. The van der Waals surface area contributed by atoms with Gasteiger partial charge in [0.2, 0.25) is 10.9 Å². The number of para-hydroxylation sites is 2. The van der Waals surface area contributed by atoms with Gasteiger partial charge < -0.3 is 14.4 Å². The zero-order valence-electron chi connectivity index (χ0n) is 16.1. The number of aryl methyl sites for hydroxylation is 1. The van der Waals surface area contributed by atoms with Crippen molar-refractivity contribution < 1.29 is 9.84 Å². The SMILES string of the molecule is CCn1c2ccccc2n2c1nn1c(SCC(O)COc3ccc(Cl)cc3)nnc12. The highest BCUT2D eigenvalue weighted by Gasteiger charge is 2.20. The van der Waals surface area contributed by atoms with Crippen LogP contribution in [0.4, 0.5) is 0 Å². The molecule has 1 N–H and O–H groups in total. The number of imidazole rings is 1. The minimum absolute atomic E-state index is 0.174. The third-order valence-electron chi connectivity index (χ3n) is 4.82. The number of rotatable bonds is 7. The largest absolute Gasteiger partial charge is 0.491 e. The number of hydrogen-bond acceptors (Lipinski definition) is 6. The van der Waals surface area contributed by atoms with Crippen molar-refractivity contribution in [2.75, 3.05) is 12.4 Å². The van der Waals surface area contributed by atoms with E-state index in [1.54, 1.807) is 28.8 Å². The van der Waals surface area contributed by atoms with Gasteiger partial charge in [-0.25, -0.2) is 4.40 Å². The van der Waals surface area contributed by atoms with Gasteiger partial charge in [0.15, 0.2) is 0 Å². The van der Waals surface area contributed by atoms with Gasteiger partial charge in [-0.2, -0.15) is 4.52 Å². The first-order valence-corrected chi connectivity index (χ1v) is 10.9. The quantitative estimate of drug-likeness (QED) is 0.388. The third-order valence-corrected chi connectivity index (χ3v) is 6.13. The predicted octanol–water partition coefficient (Wildman–Crippen LogP) is 3.54. The second-order valence-corrected chi connectivity index (χ2v) is 8.22. The molecule has 30 heavy (non-hydrogen) atoms. The van der Waals surface area contributed by atoms with Crippen LogP contribution in [0.5, 0.6) is 5.75 Å². The minimum atomic E-state index is -0.666. The summed E-state index contributed by atoms with van der Waals surface area (Å²) in [4.78, 5) is 0. The van der Waals surface area contributed by atoms with Crippen LogP contribution in [0.1, 0.15) is 6.92 Å². The number of nitrogens with zero attached hydrogens (tertiary/aromatic N) is 6. The predicted molar refractivity (Wildman–Crippen MR) is 117 cm³/mol. The monoisotopic (exact) mass is 442 g/mol. The van der Waals surface area contributed by atoms with Crippen molar-refractivity contribution in [3.63, 3.8) is 0 Å². The average molecular weight is 443 g/mol. The molecule has 5 aromatic rings. The molecule has 0 amide bonds. The van der Waals surface area contributed by atoms with Crippen LogP contribution in [0.3, 0.4) is 0 Å². The maximum Gasteiger partial charge on any atom is 0.260 e. The van der Waals surface area contributed by atoms with Gasteiger partial charge in [0.25, 0.3) is 5.78 Å². The Morgan fingerprint density at radius 3 is 2.60 bits per heavy atom. The van der Waals surface area contributed by atoms with E-state index in [9.17, 15) is 5.11 Å². The topological polar surface area (TPSA) is 81.9 Å². The number of thioether (sulfide) groups is 1. The van der Waals surface area contributed by atoms with Crippen LogP contribution in [0.25, 0.3) is 22.6 Å². The summed E-state index contributed by atoms with van der Waals surface area (Å²) in [5.74, 6) is 2.54. The lowest BCUT2D eigenvalue weighted by atomic mass is 10.3. The number of aliphatic hydroxyl groups excluding tert-OH is 1. The van der Waals surface area contributed by atoms with E-state index in [1.807, 2.05) is 16.5 Å². The molecule has 0 saturated carbocycles. The maximum absolute atomic E-state index is 10.3. The Labute approximate surface area is 181 Å². The molecule has 2 aromatic carbocycles. The summed E-state index contributed by atoms with van der Waals surface area (Å²) in [6.07, 6.45) is -0.666. The van der Waals surface area contributed by atoms with Crippen molar-refractivity contribution in [3.8, 4) is 5.75 Å². The fraction of sp³-hybridized carbons (Fsp3) is 0.250. The Kier molecular flexibility index (Phi) is 5.01. The van der Waals surface area contributed by atoms with Crippen molar-refractivity contribution in [3.05, 3.63) is 53.6 Å². The summed E-state index contributed by atoms with van der Waals surface area (Å²) in [5.41, 5.74) is 2.15. The summed E-state index contributed by atoms with van der Waals surface area (Å²) in [7, 11) is 0.